The highest BCUT2D eigenvalue weighted by Crippen LogP contribution is 2.41. The van der Waals surface area contributed by atoms with Crippen molar-refractivity contribution in [1.82, 2.24) is 0 Å². The van der Waals surface area contributed by atoms with Crippen molar-refractivity contribution >= 4 is 16.3 Å². The molecule has 1 N–H and O–H groups in total. The van der Waals surface area contributed by atoms with Gasteiger partial charge in [-0.15, -0.1) is 0 Å². The highest BCUT2D eigenvalue weighted by atomic mass is 16.3. The van der Waals surface area contributed by atoms with E-state index in [4.69, 9.17) is 0 Å². The predicted molar refractivity (Wildman–Crippen MR) is 79.2 cm³/mol. The zero-order chi connectivity index (χ0) is 12.8. The standard InChI is InChI=1S/C18H16O/c19-17-7-3-5-13-9-10-15-14-6-2-1-4-12(14)8-11-16(15)18(13)17/h2-3,5-7,9-10,19H,1,4,8,11H2. The van der Waals surface area contributed by atoms with Crippen LogP contribution >= 0.6 is 0 Å². The lowest BCUT2D eigenvalue weighted by molar-refractivity contribution is 0.481. The minimum atomic E-state index is 0.415. The second kappa shape index (κ2) is 3.99. The van der Waals surface area contributed by atoms with Gasteiger partial charge in [0, 0.05) is 5.39 Å². The Balaban J connectivity index is 2.06. The maximum Gasteiger partial charge on any atom is 0.123 e. The molecule has 0 radical (unpaired) electrons. The highest BCUT2D eigenvalue weighted by molar-refractivity contribution is 5.97. The van der Waals surface area contributed by atoms with Crippen LogP contribution in [0.4, 0.5) is 0 Å². The third-order valence-corrected chi connectivity index (χ3v) is 4.38. The molecule has 0 fully saturated rings. The fourth-order valence-corrected chi connectivity index (χ4v) is 3.47. The van der Waals surface area contributed by atoms with E-state index < -0.39 is 0 Å². The summed E-state index contributed by atoms with van der Waals surface area (Å²) in [5.41, 5.74) is 5.63. The molecule has 0 unspecified atom stereocenters. The van der Waals surface area contributed by atoms with Gasteiger partial charge in [0.05, 0.1) is 0 Å². The van der Waals surface area contributed by atoms with Gasteiger partial charge in [0.25, 0.3) is 0 Å². The molecule has 0 aliphatic heterocycles. The summed E-state index contributed by atoms with van der Waals surface area (Å²) in [5.74, 6) is 0.415. The van der Waals surface area contributed by atoms with Crippen molar-refractivity contribution in [2.24, 2.45) is 0 Å². The summed E-state index contributed by atoms with van der Waals surface area (Å²) in [7, 11) is 0. The van der Waals surface area contributed by atoms with Gasteiger partial charge in [0.1, 0.15) is 5.75 Å². The van der Waals surface area contributed by atoms with E-state index >= 15 is 0 Å². The van der Waals surface area contributed by atoms with Crippen molar-refractivity contribution in [2.75, 3.05) is 0 Å². The van der Waals surface area contributed by atoms with Crippen molar-refractivity contribution in [3.8, 4) is 5.75 Å². The average molecular weight is 248 g/mol. The van der Waals surface area contributed by atoms with Crippen molar-refractivity contribution in [2.45, 2.75) is 25.7 Å². The molecular formula is C18H16O. The number of phenolic OH excluding ortho intramolecular Hbond substituents is 1. The van der Waals surface area contributed by atoms with Gasteiger partial charge >= 0.3 is 0 Å². The number of rotatable bonds is 0. The normalized spacial score (nSPS) is 17.5. The second-order valence-electron chi connectivity index (χ2n) is 5.43. The first-order valence-corrected chi connectivity index (χ1v) is 6.97. The smallest absolute Gasteiger partial charge is 0.123 e. The Morgan fingerprint density at radius 3 is 2.84 bits per heavy atom. The number of fused-ring (bicyclic) bond motifs is 4. The van der Waals surface area contributed by atoms with Gasteiger partial charge in [-0.2, -0.15) is 0 Å². The third kappa shape index (κ3) is 1.54. The first-order chi connectivity index (χ1) is 9.34. The Labute approximate surface area is 112 Å². The molecule has 1 heteroatoms. The van der Waals surface area contributed by atoms with Crippen molar-refractivity contribution in [3.05, 3.63) is 59.2 Å². The maximum absolute atomic E-state index is 10.2. The summed E-state index contributed by atoms with van der Waals surface area (Å²) in [5, 5.41) is 12.4. The highest BCUT2D eigenvalue weighted by Gasteiger charge is 2.21. The first kappa shape index (κ1) is 10.9. The van der Waals surface area contributed by atoms with E-state index in [1.165, 1.54) is 29.5 Å². The molecule has 2 aliphatic carbocycles. The van der Waals surface area contributed by atoms with E-state index in [9.17, 15) is 5.11 Å². The van der Waals surface area contributed by atoms with Crippen LogP contribution in [0.5, 0.6) is 5.75 Å². The lowest BCUT2D eigenvalue weighted by Crippen LogP contribution is -2.07. The SMILES string of the molecule is Oc1cccc2ccc3c(c12)CCC1=C3C=CCC1. The predicted octanol–water partition coefficient (Wildman–Crippen LogP) is 4.60. The van der Waals surface area contributed by atoms with Crippen molar-refractivity contribution < 1.29 is 5.11 Å². The van der Waals surface area contributed by atoms with E-state index in [1.54, 1.807) is 11.6 Å². The van der Waals surface area contributed by atoms with Gasteiger partial charge in [0.2, 0.25) is 0 Å². The molecule has 0 amide bonds. The van der Waals surface area contributed by atoms with E-state index in [0.29, 0.717) is 5.75 Å². The van der Waals surface area contributed by atoms with E-state index in [0.717, 1.165) is 23.6 Å². The Morgan fingerprint density at radius 1 is 0.947 bits per heavy atom. The fraction of sp³-hybridized carbons (Fsp3) is 0.222. The lowest BCUT2D eigenvalue weighted by atomic mass is 9.79. The van der Waals surface area contributed by atoms with Crippen LogP contribution in [0.3, 0.4) is 0 Å². The molecule has 0 aromatic heterocycles. The fourth-order valence-electron chi connectivity index (χ4n) is 3.47. The number of aromatic hydroxyl groups is 1. The van der Waals surface area contributed by atoms with Gasteiger partial charge in [-0.25, -0.2) is 0 Å². The summed E-state index contributed by atoms with van der Waals surface area (Å²) in [4.78, 5) is 0. The molecule has 2 aliphatic rings. The molecule has 1 nitrogen and oxygen atoms in total. The average Bonchev–Trinajstić information content (AvgIpc) is 2.46. The minimum Gasteiger partial charge on any atom is -0.507 e. The number of hydrogen-bond acceptors (Lipinski definition) is 1. The maximum atomic E-state index is 10.2. The van der Waals surface area contributed by atoms with Gasteiger partial charge in [-0.3, -0.25) is 0 Å². The molecular weight excluding hydrogens is 232 g/mol. The van der Waals surface area contributed by atoms with Crippen LogP contribution in [0.2, 0.25) is 0 Å². The van der Waals surface area contributed by atoms with Gasteiger partial charge in [-0.05, 0) is 53.8 Å². The molecule has 0 heterocycles. The van der Waals surface area contributed by atoms with Crippen LogP contribution < -0.4 is 0 Å². The van der Waals surface area contributed by atoms with Gasteiger partial charge in [-0.1, -0.05) is 42.0 Å². The largest absolute Gasteiger partial charge is 0.507 e. The summed E-state index contributed by atoms with van der Waals surface area (Å²) in [6.45, 7) is 0. The second-order valence-corrected chi connectivity index (χ2v) is 5.43. The number of benzene rings is 2. The zero-order valence-electron chi connectivity index (χ0n) is 10.8. The van der Waals surface area contributed by atoms with Crippen LogP contribution in [-0.4, -0.2) is 5.11 Å². The van der Waals surface area contributed by atoms with E-state index in [2.05, 4.69) is 30.4 Å². The molecule has 0 saturated heterocycles. The monoisotopic (exact) mass is 248 g/mol. The molecule has 2 aromatic carbocycles. The molecule has 0 spiro atoms. The molecule has 19 heavy (non-hydrogen) atoms. The van der Waals surface area contributed by atoms with Crippen LogP contribution in [0, 0.1) is 0 Å². The van der Waals surface area contributed by atoms with Gasteiger partial charge in [0.15, 0.2) is 0 Å². The molecule has 94 valence electrons. The summed E-state index contributed by atoms with van der Waals surface area (Å²) in [6.07, 6.45) is 9.10. The summed E-state index contributed by atoms with van der Waals surface area (Å²) < 4.78 is 0. The zero-order valence-corrected chi connectivity index (χ0v) is 10.8. The molecule has 0 saturated carbocycles. The number of hydrogen-bond donors (Lipinski definition) is 1. The first-order valence-electron chi connectivity index (χ1n) is 6.97. The van der Waals surface area contributed by atoms with Crippen molar-refractivity contribution in [1.29, 1.82) is 0 Å². The van der Waals surface area contributed by atoms with Gasteiger partial charge < -0.3 is 5.11 Å². The van der Waals surface area contributed by atoms with Crippen LogP contribution in [0.25, 0.3) is 16.3 Å². The number of phenols is 1. The van der Waals surface area contributed by atoms with Crippen molar-refractivity contribution in [3.63, 3.8) is 0 Å². The topological polar surface area (TPSA) is 20.2 Å². The van der Waals surface area contributed by atoms with Crippen LogP contribution in [0.15, 0.2) is 48.1 Å². The number of aryl methyl sites for hydroxylation is 1. The third-order valence-electron chi connectivity index (χ3n) is 4.38. The Morgan fingerprint density at radius 2 is 1.89 bits per heavy atom. The molecule has 0 atom stereocenters. The Kier molecular flexibility index (Phi) is 2.28. The Hall–Kier alpha value is -2.02. The quantitative estimate of drug-likeness (QED) is 0.722. The summed E-state index contributed by atoms with van der Waals surface area (Å²) in [6, 6.07) is 10.1. The van der Waals surface area contributed by atoms with E-state index in [-0.39, 0.29) is 0 Å². The number of allylic oxidation sites excluding steroid dienone is 4. The summed E-state index contributed by atoms with van der Waals surface area (Å²) >= 11 is 0. The van der Waals surface area contributed by atoms with Crippen LogP contribution in [-0.2, 0) is 6.42 Å². The van der Waals surface area contributed by atoms with Crippen LogP contribution in [0.1, 0.15) is 30.4 Å². The van der Waals surface area contributed by atoms with E-state index in [1.807, 2.05) is 6.07 Å². The molecule has 2 aromatic rings. The molecule has 4 rings (SSSR count). The minimum absolute atomic E-state index is 0.415. The molecule has 0 bridgehead atoms. The lowest BCUT2D eigenvalue weighted by Gasteiger charge is -2.25. The Bertz CT molecular complexity index is 735.